The van der Waals surface area contributed by atoms with Gasteiger partial charge in [0.25, 0.3) is 0 Å². The van der Waals surface area contributed by atoms with Gasteiger partial charge in [0.1, 0.15) is 0 Å². The molecule has 1 heterocycles. The van der Waals surface area contributed by atoms with Crippen molar-refractivity contribution in [3.8, 4) is 0 Å². The van der Waals surface area contributed by atoms with Crippen molar-refractivity contribution in [2.75, 3.05) is 6.54 Å². The van der Waals surface area contributed by atoms with E-state index in [4.69, 9.17) is 11.6 Å². The topological polar surface area (TPSA) is 12.0 Å². The lowest BCUT2D eigenvalue weighted by Gasteiger charge is -2.17. The highest BCUT2D eigenvalue weighted by Crippen LogP contribution is 2.34. The van der Waals surface area contributed by atoms with Crippen molar-refractivity contribution in [2.24, 2.45) is 0 Å². The Balaban J connectivity index is 2.18. The molecule has 0 radical (unpaired) electrons. The van der Waals surface area contributed by atoms with Crippen LogP contribution in [0.5, 0.6) is 0 Å². The normalized spacial score (nSPS) is 12.6. The summed E-state index contributed by atoms with van der Waals surface area (Å²) in [6, 6.07) is 9.22. The molecule has 0 saturated carbocycles. The van der Waals surface area contributed by atoms with E-state index in [2.05, 4.69) is 55.7 Å². The maximum atomic E-state index is 6.42. The Labute approximate surface area is 131 Å². The van der Waals surface area contributed by atoms with E-state index >= 15 is 0 Å². The first kappa shape index (κ1) is 15.6. The van der Waals surface area contributed by atoms with Gasteiger partial charge in [-0.15, -0.1) is 11.3 Å². The Morgan fingerprint density at radius 1 is 1.15 bits per heavy atom. The van der Waals surface area contributed by atoms with Crippen LogP contribution in [0.25, 0.3) is 0 Å². The molecule has 0 saturated heterocycles. The summed E-state index contributed by atoms with van der Waals surface area (Å²) < 4.78 is 0. The standard InChI is InChI=1S/C17H22ClNS/c1-4-13-6-8-14(9-7-13)10-15(19-5-2)17-16(18)12(3)11-20-17/h6-9,11,15,19H,4-5,10H2,1-3H3. The molecule has 3 heteroatoms. The first-order valence-electron chi connectivity index (χ1n) is 7.20. The van der Waals surface area contributed by atoms with Crippen molar-refractivity contribution >= 4 is 22.9 Å². The van der Waals surface area contributed by atoms with Crippen molar-refractivity contribution in [3.05, 3.63) is 56.2 Å². The highest BCUT2D eigenvalue weighted by Gasteiger charge is 2.17. The third-order valence-electron chi connectivity index (χ3n) is 3.56. The van der Waals surface area contributed by atoms with E-state index in [1.807, 2.05) is 0 Å². The van der Waals surface area contributed by atoms with E-state index < -0.39 is 0 Å². The number of halogens is 1. The van der Waals surface area contributed by atoms with E-state index in [1.54, 1.807) is 11.3 Å². The molecular formula is C17H22ClNS. The van der Waals surface area contributed by atoms with E-state index in [9.17, 15) is 0 Å². The third kappa shape index (κ3) is 3.63. The fraction of sp³-hybridized carbons (Fsp3) is 0.412. The van der Waals surface area contributed by atoms with Gasteiger partial charge in [0, 0.05) is 10.9 Å². The predicted octanol–water partition coefficient (Wildman–Crippen LogP) is 5.17. The monoisotopic (exact) mass is 307 g/mol. The third-order valence-corrected chi connectivity index (χ3v) is 5.39. The van der Waals surface area contributed by atoms with Gasteiger partial charge in [-0.25, -0.2) is 0 Å². The molecule has 0 fully saturated rings. The molecule has 0 aliphatic heterocycles. The first-order chi connectivity index (χ1) is 9.65. The molecule has 1 aromatic carbocycles. The zero-order valence-electron chi connectivity index (χ0n) is 12.4. The number of aryl methyl sites for hydroxylation is 2. The van der Waals surface area contributed by atoms with Crippen LogP contribution < -0.4 is 5.32 Å². The minimum atomic E-state index is 0.304. The van der Waals surface area contributed by atoms with Crippen LogP contribution in [0.1, 0.15) is 41.5 Å². The average Bonchev–Trinajstić information content (AvgIpc) is 2.79. The minimum absolute atomic E-state index is 0.304. The van der Waals surface area contributed by atoms with Gasteiger partial charge < -0.3 is 5.32 Å². The quantitative estimate of drug-likeness (QED) is 0.776. The van der Waals surface area contributed by atoms with E-state index in [0.717, 1.165) is 24.4 Å². The molecule has 0 aliphatic carbocycles. The van der Waals surface area contributed by atoms with E-state index in [0.29, 0.717) is 6.04 Å². The van der Waals surface area contributed by atoms with Crippen LogP contribution >= 0.6 is 22.9 Å². The van der Waals surface area contributed by atoms with Crippen LogP contribution in [0.3, 0.4) is 0 Å². The molecule has 0 spiro atoms. The van der Waals surface area contributed by atoms with Gasteiger partial charge in [-0.3, -0.25) is 0 Å². The van der Waals surface area contributed by atoms with Gasteiger partial charge in [-0.2, -0.15) is 0 Å². The largest absolute Gasteiger partial charge is 0.309 e. The molecule has 1 N–H and O–H groups in total. The molecule has 2 aromatic rings. The second-order valence-corrected chi connectivity index (χ2v) is 6.37. The summed E-state index contributed by atoms with van der Waals surface area (Å²) >= 11 is 8.18. The van der Waals surface area contributed by atoms with Crippen molar-refractivity contribution in [1.29, 1.82) is 0 Å². The number of benzene rings is 1. The molecule has 0 amide bonds. The Morgan fingerprint density at radius 3 is 2.30 bits per heavy atom. The zero-order chi connectivity index (χ0) is 14.5. The molecule has 1 nitrogen and oxygen atoms in total. The van der Waals surface area contributed by atoms with Gasteiger partial charge in [-0.1, -0.05) is 49.7 Å². The summed E-state index contributed by atoms with van der Waals surface area (Å²) in [4.78, 5) is 1.26. The van der Waals surface area contributed by atoms with Gasteiger partial charge in [0.15, 0.2) is 0 Å². The van der Waals surface area contributed by atoms with Crippen LogP contribution in [0, 0.1) is 6.92 Å². The van der Waals surface area contributed by atoms with E-state index in [1.165, 1.54) is 21.6 Å². The lowest BCUT2D eigenvalue weighted by molar-refractivity contribution is 0.558. The maximum Gasteiger partial charge on any atom is 0.0590 e. The average molecular weight is 308 g/mol. The van der Waals surface area contributed by atoms with Crippen molar-refractivity contribution in [1.82, 2.24) is 5.32 Å². The predicted molar refractivity (Wildman–Crippen MR) is 90.0 cm³/mol. The fourth-order valence-electron chi connectivity index (χ4n) is 2.34. The van der Waals surface area contributed by atoms with Gasteiger partial charge >= 0.3 is 0 Å². The Hall–Kier alpha value is -0.830. The molecule has 1 atom stereocenters. The lowest BCUT2D eigenvalue weighted by Crippen LogP contribution is -2.22. The SMILES string of the molecule is CCNC(Cc1ccc(CC)cc1)c1scc(C)c1Cl. The molecule has 0 bridgehead atoms. The number of thiophene rings is 1. The van der Waals surface area contributed by atoms with Crippen LogP contribution in [0.4, 0.5) is 0 Å². The number of hydrogen-bond acceptors (Lipinski definition) is 2. The van der Waals surface area contributed by atoms with Crippen LogP contribution in [-0.4, -0.2) is 6.54 Å². The molecular weight excluding hydrogens is 286 g/mol. The minimum Gasteiger partial charge on any atom is -0.309 e. The zero-order valence-corrected chi connectivity index (χ0v) is 13.9. The van der Waals surface area contributed by atoms with Gasteiger partial charge in [-0.05, 0) is 48.4 Å². The highest BCUT2D eigenvalue weighted by molar-refractivity contribution is 7.10. The maximum absolute atomic E-state index is 6.42. The number of likely N-dealkylation sites (N-methyl/N-ethyl adjacent to an activating group) is 1. The Bertz CT molecular complexity index is 545. The second-order valence-electron chi connectivity index (χ2n) is 5.08. The van der Waals surface area contributed by atoms with Crippen LogP contribution in [-0.2, 0) is 12.8 Å². The van der Waals surface area contributed by atoms with Crippen molar-refractivity contribution in [3.63, 3.8) is 0 Å². The molecule has 1 aromatic heterocycles. The summed E-state index contributed by atoms with van der Waals surface area (Å²) in [7, 11) is 0. The lowest BCUT2D eigenvalue weighted by atomic mass is 10.0. The summed E-state index contributed by atoms with van der Waals surface area (Å²) in [5.74, 6) is 0. The first-order valence-corrected chi connectivity index (χ1v) is 8.46. The van der Waals surface area contributed by atoms with E-state index in [-0.39, 0.29) is 0 Å². The van der Waals surface area contributed by atoms with Crippen LogP contribution in [0.2, 0.25) is 5.02 Å². The summed E-state index contributed by atoms with van der Waals surface area (Å²) in [6.45, 7) is 7.35. The smallest absolute Gasteiger partial charge is 0.0590 e. The highest BCUT2D eigenvalue weighted by atomic mass is 35.5. The van der Waals surface area contributed by atoms with Crippen molar-refractivity contribution in [2.45, 2.75) is 39.7 Å². The summed E-state index contributed by atoms with van der Waals surface area (Å²) in [6.07, 6.45) is 2.07. The van der Waals surface area contributed by atoms with Crippen LogP contribution in [0.15, 0.2) is 29.6 Å². The molecule has 2 rings (SSSR count). The molecule has 1 unspecified atom stereocenters. The number of rotatable bonds is 6. The van der Waals surface area contributed by atoms with Gasteiger partial charge in [0.2, 0.25) is 0 Å². The van der Waals surface area contributed by atoms with Gasteiger partial charge in [0.05, 0.1) is 5.02 Å². The summed E-state index contributed by atoms with van der Waals surface area (Å²) in [5.41, 5.74) is 3.92. The Kier molecular flexibility index (Phi) is 5.64. The van der Waals surface area contributed by atoms with Crippen molar-refractivity contribution < 1.29 is 0 Å². The Morgan fingerprint density at radius 2 is 1.80 bits per heavy atom. The number of hydrogen-bond donors (Lipinski definition) is 1. The molecule has 108 valence electrons. The number of nitrogens with one attached hydrogen (secondary N) is 1. The summed E-state index contributed by atoms with van der Waals surface area (Å²) in [5, 5.41) is 6.62. The second kappa shape index (κ2) is 7.26. The molecule has 20 heavy (non-hydrogen) atoms. The fourth-order valence-corrected chi connectivity index (χ4v) is 3.74. The molecule has 0 aliphatic rings.